The molecule has 3 aromatic heterocycles. The van der Waals surface area contributed by atoms with E-state index < -0.39 is 17.5 Å². The Morgan fingerprint density at radius 1 is 1.14 bits per heavy atom. The molecule has 3 heterocycles. The number of hydrogen-bond acceptors (Lipinski definition) is 6. The fourth-order valence-corrected chi connectivity index (χ4v) is 4.17. The Kier molecular flexibility index (Phi) is 4.99. The molecule has 8 nitrogen and oxygen atoms in total. The first kappa shape index (κ1) is 22.4. The van der Waals surface area contributed by atoms with E-state index in [1.807, 2.05) is 30.3 Å². The fraction of sp³-hybridized carbons (Fsp3) is 0.320. The summed E-state index contributed by atoms with van der Waals surface area (Å²) >= 11 is 0. The number of rotatable bonds is 6. The van der Waals surface area contributed by atoms with Crippen molar-refractivity contribution < 1.29 is 22.7 Å². The Morgan fingerprint density at radius 3 is 2.56 bits per heavy atom. The van der Waals surface area contributed by atoms with E-state index in [2.05, 4.69) is 25.4 Å². The second kappa shape index (κ2) is 8.00. The molecule has 0 aliphatic heterocycles. The number of anilines is 1. The summed E-state index contributed by atoms with van der Waals surface area (Å²) in [5.41, 5.74) is 1.01. The van der Waals surface area contributed by atoms with Crippen LogP contribution < -0.4 is 10.1 Å². The molecule has 0 saturated heterocycles. The average Bonchev–Trinajstić information content (AvgIpc) is 3.77. The van der Waals surface area contributed by atoms with Gasteiger partial charge in [0.15, 0.2) is 11.6 Å². The summed E-state index contributed by atoms with van der Waals surface area (Å²) in [5, 5.41) is 6.98. The lowest BCUT2D eigenvalue weighted by atomic mass is 10.0. The third kappa shape index (κ3) is 3.84. The topological polar surface area (TPSA) is 94.8 Å². The summed E-state index contributed by atoms with van der Waals surface area (Å²) < 4.78 is 48.3. The highest BCUT2D eigenvalue weighted by atomic mass is 19.4. The molecule has 1 aromatic carbocycles. The van der Waals surface area contributed by atoms with Gasteiger partial charge in [-0.05, 0) is 25.7 Å². The monoisotopic (exact) mass is 494 g/mol. The maximum atomic E-state index is 13.6. The molecule has 2 aliphatic carbocycles. The molecule has 36 heavy (non-hydrogen) atoms. The van der Waals surface area contributed by atoms with Crippen LogP contribution in [0.25, 0.3) is 33.5 Å². The molecular weight excluding hydrogens is 473 g/mol. The van der Waals surface area contributed by atoms with E-state index in [1.54, 1.807) is 24.0 Å². The Labute approximate surface area is 203 Å². The highest BCUT2D eigenvalue weighted by Gasteiger charge is 2.68. The number of nitrogens with zero attached hydrogens (tertiary/aromatic N) is 5. The first-order valence-corrected chi connectivity index (χ1v) is 11.6. The number of ether oxygens (including phenoxy) is 1. The largest absolute Gasteiger partial charge is 0.486 e. The minimum absolute atomic E-state index is 0.0679. The molecule has 0 unspecified atom stereocenters. The maximum Gasteiger partial charge on any atom is 0.403 e. The summed E-state index contributed by atoms with van der Waals surface area (Å²) in [6.45, 7) is 0. The summed E-state index contributed by atoms with van der Waals surface area (Å²) in [4.78, 5) is 26.1. The number of fused-ring (bicyclic) bond motifs is 1. The number of benzene rings is 1. The summed E-state index contributed by atoms with van der Waals surface area (Å²) in [6.07, 6.45) is -0.378. The summed E-state index contributed by atoms with van der Waals surface area (Å²) in [6, 6.07) is 11.1. The zero-order chi connectivity index (χ0) is 25.1. The van der Waals surface area contributed by atoms with Crippen LogP contribution in [0.15, 0.2) is 48.9 Å². The maximum absolute atomic E-state index is 13.6. The van der Waals surface area contributed by atoms with Crippen LogP contribution in [0.1, 0.15) is 25.7 Å². The highest BCUT2D eigenvalue weighted by molar-refractivity contribution is 6.00. The lowest BCUT2D eigenvalue weighted by Gasteiger charge is -2.19. The normalized spacial score (nSPS) is 16.7. The third-order valence-electron chi connectivity index (χ3n) is 6.48. The van der Waals surface area contributed by atoms with E-state index in [4.69, 9.17) is 4.74 Å². The number of nitrogens with one attached hydrogen (secondary N) is 1. The van der Waals surface area contributed by atoms with Gasteiger partial charge in [-0.15, -0.1) is 0 Å². The van der Waals surface area contributed by atoms with E-state index in [0.29, 0.717) is 28.0 Å². The van der Waals surface area contributed by atoms with Crippen molar-refractivity contribution in [3.05, 3.63) is 48.9 Å². The third-order valence-corrected chi connectivity index (χ3v) is 6.48. The number of halogens is 3. The highest BCUT2D eigenvalue weighted by Crippen LogP contribution is 2.58. The van der Waals surface area contributed by atoms with Crippen LogP contribution in [0.5, 0.6) is 5.75 Å². The number of alkyl halides is 3. The molecule has 2 fully saturated rings. The standard InChI is InChI=1S/C25H21F3N6O2/c1-34-12-16(19(33-34)14-5-3-2-4-6-14)20-21-17(29-13-30-20)11-18(36-15-7-8-15)22(31-21)32-23(35)24(9-10-24)25(26,27)28/h2-6,11-13,15H,7-10H2,1H3,(H,31,32,35). The Morgan fingerprint density at radius 2 is 1.89 bits per heavy atom. The summed E-state index contributed by atoms with van der Waals surface area (Å²) in [7, 11) is 1.78. The van der Waals surface area contributed by atoms with Crippen LogP contribution in [0, 0.1) is 5.41 Å². The average molecular weight is 494 g/mol. The lowest BCUT2D eigenvalue weighted by molar-refractivity contribution is -0.189. The van der Waals surface area contributed by atoms with Crippen LogP contribution in [-0.4, -0.2) is 42.9 Å². The van der Waals surface area contributed by atoms with Crippen molar-refractivity contribution in [3.8, 4) is 28.3 Å². The Bertz CT molecular complexity index is 1480. The number of aryl methyl sites for hydroxylation is 1. The zero-order valence-electron chi connectivity index (χ0n) is 19.2. The van der Waals surface area contributed by atoms with Crippen molar-refractivity contribution in [1.82, 2.24) is 24.7 Å². The van der Waals surface area contributed by atoms with Crippen LogP contribution in [0.3, 0.4) is 0 Å². The Hall–Kier alpha value is -4.02. The molecular formula is C25H21F3N6O2. The quantitative estimate of drug-likeness (QED) is 0.409. The predicted octanol–water partition coefficient (Wildman–Crippen LogP) is 4.91. The van der Waals surface area contributed by atoms with Gasteiger partial charge in [-0.25, -0.2) is 15.0 Å². The molecule has 4 aromatic rings. The number of amides is 1. The minimum Gasteiger partial charge on any atom is -0.486 e. The minimum atomic E-state index is -4.64. The first-order chi connectivity index (χ1) is 17.2. The van der Waals surface area contributed by atoms with Crippen molar-refractivity contribution in [1.29, 1.82) is 0 Å². The van der Waals surface area contributed by atoms with Gasteiger partial charge in [0, 0.05) is 30.4 Å². The number of pyridine rings is 1. The van der Waals surface area contributed by atoms with Gasteiger partial charge in [0.2, 0.25) is 5.91 Å². The molecule has 11 heteroatoms. The SMILES string of the molecule is Cn1cc(-c2ncnc3cc(OC4CC4)c(NC(=O)C4(C(F)(F)F)CC4)nc23)c(-c2ccccc2)n1. The van der Waals surface area contributed by atoms with Crippen molar-refractivity contribution >= 4 is 22.8 Å². The van der Waals surface area contributed by atoms with Gasteiger partial charge in [0.05, 0.1) is 11.6 Å². The van der Waals surface area contributed by atoms with Crippen molar-refractivity contribution in [3.63, 3.8) is 0 Å². The van der Waals surface area contributed by atoms with Gasteiger partial charge in [-0.2, -0.15) is 18.3 Å². The van der Waals surface area contributed by atoms with Gasteiger partial charge < -0.3 is 10.1 Å². The summed E-state index contributed by atoms with van der Waals surface area (Å²) in [5.74, 6) is -1.01. The van der Waals surface area contributed by atoms with Crippen LogP contribution in [0.2, 0.25) is 0 Å². The molecule has 2 saturated carbocycles. The van der Waals surface area contributed by atoms with Gasteiger partial charge in [-0.3, -0.25) is 9.48 Å². The number of aromatic nitrogens is 5. The molecule has 0 spiro atoms. The molecule has 1 amide bonds. The van der Waals surface area contributed by atoms with E-state index in [-0.39, 0.29) is 30.5 Å². The number of carbonyl (C=O) groups excluding carboxylic acids is 1. The molecule has 2 aliphatic rings. The van der Waals surface area contributed by atoms with Gasteiger partial charge in [0.1, 0.15) is 28.6 Å². The van der Waals surface area contributed by atoms with Crippen LogP contribution in [-0.2, 0) is 11.8 Å². The molecule has 1 N–H and O–H groups in total. The van der Waals surface area contributed by atoms with Crippen molar-refractivity contribution in [2.75, 3.05) is 5.32 Å². The molecule has 0 bridgehead atoms. The molecule has 0 atom stereocenters. The van der Waals surface area contributed by atoms with E-state index in [1.165, 1.54) is 6.33 Å². The second-order valence-electron chi connectivity index (χ2n) is 9.21. The smallest absolute Gasteiger partial charge is 0.403 e. The molecule has 6 rings (SSSR count). The number of carbonyl (C=O) groups is 1. The zero-order valence-corrected chi connectivity index (χ0v) is 19.2. The van der Waals surface area contributed by atoms with E-state index in [0.717, 1.165) is 18.4 Å². The predicted molar refractivity (Wildman–Crippen MR) is 125 cm³/mol. The van der Waals surface area contributed by atoms with Gasteiger partial charge in [0.25, 0.3) is 0 Å². The molecule has 184 valence electrons. The first-order valence-electron chi connectivity index (χ1n) is 11.6. The van der Waals surface area contributed by atoms with Crippen molar-refractivity contribution in [2.24, 2.45) is 12.5 Å². The van der Waals surface area contributed by atoms with Crippen LogP contribution >= 0.6 is 0 Å². The van der Waals surface area contributed by atoms with E-state index >= 15 is 0 Å². The van der Waals surface area contributed by atoms with E-state index in [9.17, 15) is 18.0 Å². The van der Waals surface area contributed by atoms with Gasteiger partial charge >= 0.3 is 6.18 Å². The van der Waals surface area contributed by atoms with Crippen molar-refractivity contribution in [2.45, 2.75) is 38.0 Å². The lowest BCUT2D eigenvalue weighted by Crippen LogP contribution is -2.37. The van der Waals surface area contributed by atoms with Crippen LogP contribution in [0.4, 0.5) is 19.0 Å². The fourth-order valence-electron chi connectivity index (χ4n) is 4.17. The van der Waals surface area contributed by atoms with Gasteiger partial charge in [-0.1, -0.05) is 30.3 Å². The number of hydrogen-bond donors (Lipinski definition) is 1. The second-order valence-corrected chi connectivity index (χ2v) is 9.21. The molecule has 0 radical (unpaired) electrons. The Balaban J connectivity index is 1.48.